The van der Waals surface area contributed by atoms with Crippen LogP contribution in [0.15, 0.2) is 36.4 Å². The first-order valence-electron chi connectivity index (χ1n) is 9.44. The predicted octanol–water partition coefficient (Wildman–Crippen LogP) is 1.86. The number of carbonyl (C=O) groups is 4. The Kier molecular flexibility index (Phi) is 6.03. The van der Waals surface area contributed by atoms with Gasteiger partial charge in [-0.15, -0.1) is 0 Å². The summed E-state index contributed by atoms with van der Waals surface area (Å²) < 4.78 is 0. The first-order chi connectivity index (χ1) is 13.5. The lowest BCUT2D eigenvalue weighted by molar-refractivity contribution is -0.126. The van der Waals surface area contributed by atoms with Crippen molar-refractivity contribution in [3.05, 3.63) is 47.5 Å². The van der Waals surface area contributed by atoms with E-state index in [1.54, 1.807) is 24.3 Å². The largest absolute Gasteiger partial charge is 0.355 e. The number of carbonyl (C=O) groups excluding carboxylic acids is 4. The summed E-state index contributed by atoms with van der Waals surface area (Å²) in [6, 6.07) is 10.8. The Labute approximate surface area is 163 Å². The fourth-order valence-corrected chi connectivity index (χ4v) is 3.28. The molecule has 1 aliphatic rings. The number of benzene rings is 2. The number of hydrogen-bond donors (Lipinski definition) is 2. The van der Waals surface area contributed by atoms with Crippen LogP contribution in [0, 0.1) is 0 Å². The van der Waals surface area contributed by atoms with E-state index in [-0.39, 0.29) is 43.1 Å². The zero-order valence-electron chi connectivity index (χ0n) is 15.8. The lowest BCUT2D eigenvalue weighted by atomic mass is 9.94. The van der Waals surface area contributed by atoms with E-state index in [2.05, 4.69) is 10.6 Å². The zero-order chi connectivity index (χ0) is 20.1. The third-order valence-electron chi connectivity index (χ3n) is 4.66. The summed E-state index contributed by atoms with van der Waals surface area (Å²) in [6.45, 7) is 2.59. The molecule has 0 bridgehead atoms. The maximum atomic E-state index is 12.8. The summed E-state index contributed by atoms with van der Waals surface area (Å²) in [7, 11) is 0. The van der Waals surface area contributed by atoms with Gasteiger partial charge in [0.1, 0.15) is 0 Å². The van der Waals surface area contributed by atoms with Gasteiger partial charge < -0.3 is 10.6 Å². The Morgan fingerprint density at radius 3 is 2.18 bits per heavy atom. The highest BCUT2D eigenvalue weighted by molar-refractivity contribution is 6.25. The molecule has 0 spiro atoms. The van der Waals surface area contributed by atoms with Crippen LogP contribution in [0.5, 0.6) is 0 Å². The third kappa shape index (κ3) is 4.03. The number of rotatable bonds is 8. The van der Waals surface area contributed by atoms with Gasteiger partial charge in [-0.05, 0) is 30.4 Å². The second kappa shape index (κ2) is 8.65. The first-order valence-corrected chi connectivity index (χ1v) is 9.44. The van der Waals surface area contributed by atoms with Gasteiger partial charge in [0.05, 0.1) is 6.54 Å². The van der Waals surface area contributed by atoms with Gasteiger partial charge in [0, 0.05) is 36.0 Å². The highest BCUT2D eigenvalue weighted by atomic mass is 16.2. The average molecular weight is 381 g/mol. The van der Waals surface area contributed by atoms with Crippen LogP contribution in [0.1, 0.15) is 46.9 Å². The summed E-state index contributed by atoms with van der Waals surface area (Å²) in [5.74, 6) is -1.20. The second-order valence-electron chi connectivity index (χ2n) is 6.70. The van der Waals surface area contributed by atoms with E-state index in [9.17, 15) is 19.2 Å². The first kappa shape index (κ1) is 19.5. The van der Waals surface area contributed by atoms with Gasteiger partial charge in [-0.3, -0.25) is 24.1 Å². The number of hydrogen-bond acceptors (Lipinski definition) is 4. The van der Waals surface area contributed by atoms with Crippen LogP contribution < -0.4 is 10.6 Å². The second-order valence-corrected chi connectivity index (χ2v) is 6.70. The molecule has 0 atom stereocenters. The van der Waals surface area contributed by atoms with E-state index in [1.807, 2.05) is 19.1 Å². The predicted molar refractivity (Wildman–Crippen MR) is 105 cm³/mol. The quantitative estimate of drug-likeness (QED) is 0.682. The van der Waals surface area contributed by atoms with Crippen LogP contribution in [0.3, 0.4) is 0 Å². The highest BCUT2D eigenvalue weighted by Crippen LogP contribution is 2.29. The van der Waals surface area contributed by atoms with E-state index in [0.717, 1.165) is 11.8 Å². The molecule has 2 N–H and O–H groups in total. The Bertz CT molecular complexity index is 888. The molecule has 0 saturated heterocycles. The van der Waals surface area contributed by atoms with Gasteiger partial charge in [-0.1, -0.05) is 31.2 Å². The van der Waals surface area contributed by atoms with Crippen LogP contribution >= 0.6 is 0 Å². The number of amides is 4. The van der Waals surface area contributed by atoms with E-state index >= 15 is 0 Å². The van der Waals surface area contributed by atoms with E-state index in [1.165, 1.54) is 4.90 Å². The molecular weight excluding hydrogens is 358 g/mol. The SMILES string of the molecule is CCCNC(=O)CNC(=O)CCCN1C(=O)c2cccc3cccc(c23)C1=O. The maximum Gasteiger partial charge on any atom is 0.261 e. The van der Waals surface area contributed by atoms with Crippen molar-refractivity contribution in [2.45, 2.75) is 26.2 Å². The number of nitrogens with zero attached hydrogens (tertiary/aromatic N) is 1. The van der Waals surface area contributed by atoms with Crippen molar-refractivity contribution in [2.75, 3.05) is 19.6 Å². The molecule has 0 aliphatic carbocycles. The van der Waals surface area contributed by atoms with Crippen molar-refractivity contribution in [3.63, 3.8) is 0 Å². The van der Waals surface area contributed by atoms with Crippen LogP contribution in [0.25, 0.3) is 10.8 Å². The van der Waals surface area contributed by atoms with Gasteiger partial charge in [-0.2, -0.15) is 0 Å². The van der Waals surface area contributed by atoms with Crippen LogP contribution in [0.2, 0.25) is 0 Å². The molecule has 0 saturated carbocycles. The minimum absolute atomic E-state index is 0.0736. The minimum Gasteiger partial charge on any atom is -0.355 e. The van der Waals surface area contributed by atoms with E-state index in [0.29, 0.717) is 29.5 Å². The lowest BCUT2D eigenvalue weighted by Crippen LogP contribution is -2.41. The molecular formula is C21H23N3O4. The van der Waals surface area contributed by atoms with Crippen LogP contribution in [0.4, 0.5) is 0 Å². The molecule has 28 heavy (non-hydrogen) atoms. The maximum absolute atomic E-state index is 12.8. The Morgan fingerprint density at radius 1 is 0.929 bits per heavy atom. The third-order valence-corrected chi connectivity index (χ3v) is 4.66. The summed E-state index contributed by atoms with van der Waals surface area (Å²) in [4.78, 5) is 50.1. The molecule has 7 nitrogen and oxygen atoms in total. The molecule has 0 fully saturated rings. The van der Waals surface area contributed by atoms with E-state index in [4.69, 9.17) is 0 Å². The monoisotopic (exact) mass is 381 g/mol. The van der Waals surface area contributed by atoms with Gasteiger partial charge in [-0.25, -0.2) is 0 Å². The molecule has 1 heterocycles. The van der Waals surface area contributed by atoms with Crippen molar-refractivity contribution < 1.29 is 19.2 Å². The standard InChI is InChI=1S/C21H23N3O4/c1-2-11-22-18(26)13-23-17(25)10-5-12-24-20(27)15-8-3-6-14-7-4-9-16(19(14)15)21(24)28/h3-4,6-9H,2,5,10-13H2,1H3,(H,22,26)(H,23,25). The highest BCUT2D eigenvalue weighted by Gasteiger charge is 2.32. The van der Waals surface area contributed by atoms with Crippen LogP contribution in [-0.2, 0) is 9.59 Å². The van der Waals surface area contributed by atoms with Gasteiger partial charge in [0.15, 0.2) is 0 Å². The number of nitrogens with one attached hydrogen (secondary N) is 2. The van der Waals surface area contributed by atoms with E-state index < -0.39 is 0 Å². The van der Waals surface area contributed by atoms with Crippen molar-refractivity contribution >= 4 is 34.4 Å². The summed E-state index contributed by atoms with van der Waals surface area (Å²) in [5, 5.41) is 6.76. The minimum atomic E-state index is -0.339. The summed E-state index contributed by atoms with van der Waals surface area (Å²) in [5.41, 5.74) is 1.01. The fraction of sp³-hybridized carbons (Fsp3) is 0.333. The number of imide groups is 1. The van der Waals surface area contributed by atoms with Gasteiger partial charge in [0.25, 0.3) is 11.8 Å². The lowest BCUT2D eigenvalue weighted by Gasteiger charge is -2.27. The Morgan fingerprint density at radius 2 is 1.57 bits per heavy atom. The molecule has 0 radical (unpaired) electrons. The van der Waals surface area contributed by atoms with Crippen molar-refractivity contribution in [1.29, 1.82) is 0 Å². The average Bonchev–Trinajstić information content (AvgIpc) is 2.71. The topological polar surface area (TPSA) is 95.6 Å². The van der Waals surface area contributed by atoms with Gasteiger partial charge >= 0.3 is 0 Å². The fourth-order valence-electron chi connectivity index (χ4n) is 3.28. The molecule has 146 valence electrons. The molecule has 2 aromatic rings. The molecule has 0 aromatic heterocycles. The normalized spacial score (nSPS) is 13.0. The molecule has 0 unspecified atom stereocenters. The van der Waals surface area contributed by atoms with Crippen molar-refractivity contribution in [3.8, 4) is 0 Å². The Hall–Kier alpha value is -3.22. The Balaban J connectivity index is 1.57. The molecule has 2 aromatic carbocycles. The molecule has 7 heteroatoms. The summed E-state index contributed by atoms with van der Waals surface area (Å²) in [6.07, 6.45) is 1.29. The van der Waals surface area contributed by atoms with Gasteiger partial charge in [0.2, 0.25) is 11.8 Å². The zero-order valence-corrected chi connectivity index (χ0v) is 15.8. The molecule has 3 rings (SSSR count). The van der Waals surface area contributed by atoms with Crippen molar-refractivity contribution in [2.24, 2.45) is 0 Å². The molecule has 1 aliphatic heterocycles. The summed E-state index contributed by atoms with van der Waals surface area (Å²) >= 11 is 0. The molecule has 4 amide bonds. The smallest absolute Gasteiger partial charge is 0.261 e. The van der Waals surface area contributed by atoms with Crippen LogP contribution in [-0.4, -0.2) is 48.2 Å². The van der Waals surface area contributed by atoms with Crippen molar-refractivity contribution in [1.82, 2.24) is 15.5 Å².